The van der Waals surface area contributed by atoms with Gasteiger partial charge < -0.3 is 50.2 Å². The molecule has 0 bridgehead atoms. The molecule has 430 valence electrons. The number of nitrogens with zero attached hydrogens (tertiary/aromatic N) is 2. The number of carbonyl (C=O) groups is 6. The zero-order valence-electron chi connectivity index (χ0n) is 42.1. The summed E-state index contributed by atoms with van der Waals surface area (Å²) >= 11 is 51.8. The number of anilines is 2. The normalized spacial score (nSPS) is 10.4. The van der Waals surface area contributed by atoms with Crippen LogP contribution in [0, 0.1) is 0 Å². The molecule has 0 saturated heterocycles. The molecule has 84 heavy (non-hydrogen) atoms. The predicted molar refractivity (Wildman–Crippen MR) is 323 cm³/mol. The quantitative estimate of drug-likeness (QED) is 0.0306. The fourth-order valence-corrected chi connectivity index (χ4v) is 9.04. The molecule has 2 aromatic heterocycles. The van der Waals surface area contributed by atoms with Crippen molar-refractivity contribution in [1.29, 1.82) is 0 Å². The molecule has 8 aromatic carbocycles. The van der Waals surface area contributed by atoms with Crippen LogP contribution in [0.5, 0.6) is 11.5 Å². The smallest absolute Gasteiger partial charge is 0.337 e. The highest BCUT2D eigenvalue weighted by molar-refractivity contribution is 6.68. The molecule has 2 heterocycles. The molecule has 1 amide bonds. The number of hydrogen-bond donors (Lipinski definition) is 7. The number of phenols is 2. The van der Waals surface area contributed by atoms with E-state index in [1.807, 2.05) is 0 Å². The van der Waals surface area contributed by atoms with E-state index < -0.39 is 35.0 Å². The van der Waals surface area contributed by atoms with Gasteiger partial charge in [-0.25, -0.2) is 29.1 Å². The standard InChI is InChI=1S/C15H9Cl2NO3.C14H9Cl2NO4.C14H7Cl2NO3.C7H3Cl3O.C7H7NO3/c1-20-15(19)8-2-3-12-13(6-8)21-14(18-12)9-4-10(16)7-11(17)5-9;15-9-3-8(4-10(16)6-9)13(19)17-11-2-1-7(14(20)21)5-12(11)18;15-9-3-8(4-10(16)6-9)13-17-11-2-1-7(14(18)19)5-12(11)20-13;8-5-1-4(7(10)11)2-6(9)3-5;8-5-2-1-4(7(10)11)3-6(5)9/h2-7H,1H3;1-6,18H,(H,17,19)(H,20,21);1-6H,(H,18,19);1-3H;1-3,9H,8H2,(H,10,11). The number of nitrogens with two attached hydrogens (primary N) is 1. The SMILES string of the molecule is COC(=O)c1ccc2nc(-c3cc(Cl)cc(Cl)c3)oc2c1.Nc1ccc(C(=O)O)cc1O.O=C(Cl)c1cc(Cl)cc(Cl)c1.O=C(O)c1ccc(NC(=O)c2cc(Cl)cc(Cl)c2)c(O)c1.O=C(O)c1ccc2nc(-c3cc(Cl)cc(Cl)c3)oc2c1. The van der Waals surface area contributed by atoms with Crippen molar-refractivity contribution in [1.82, 2.24) is 9.97 Å². The van der Waals surface area contributed by atoms with Crippen molar-refractivity contribution in [3.8, 4) is 34.4 Å². The Balaban J connectivity index is 0.000000173. The maximum atomic E-state index is 12.0. The number of aromatic hydroxyl groups is 2. The highest BCUT2D eigenvalue weighted by atomic mass is 35.5. The lowest BCUT2D eigenvalue weighted by atomic mass is 10.1. The molecule has 0 aliphatic rings. The van der Waals surface area contributed by atoms with Crippen LogP contribution in [0.15, 0.2) is 154 Å². The summed E-state index contributed by atoms with van der Waals surface area (Å²) in [4.78, 5) is 74.8. The zero-order chi connectivity index (χ0) is 61.7. The lowest BCUT2D eigenvalue weighted by Crippen LogP contribution is -2.12. The molecule has 0 radical (unpaired) electrons. The topological polar surface area (TPSA) is 303 Å². The fourth-order valence-electron chi connectivity index (χ4n) is 6.82. The average molecular weight is 1320 g/mol. The van der Waals surface area contributed by atoms with Gasteiger partial charge in [0.25, 0.3) is 11.1 Å². The van der Waals surface area contributed by atoms with E-state index in [9.17, 15) is 33.9 Å². The van der Waals surface area contributed by atoms with Crippen LogP contribution in [0.4, 0.5) is 11.4 Å². The summed E-state index contributed by atoms with van der Waals surface area (Å²) in [6.45, 7) is 0. The molecule has 10 aromatic rings. The second-order valence-corrected chi connectivity index (χ2v) is 20.5. The summed E-state index contributed by atoms with van der Waals surface area (Å²) in [7, 11) is 1.33. The van der Waals surface area contributed by atoms with Gasteiger partial charge in [-0.15, -0.1) is 0 Å². The molecule has 0 spiro atoms. The van der Waals surface area contributed by atoms with Crippen molar-refractivity contribution < 1.29 is 67.9 Å². The number of nitrogens with one attached hydrogen (secondary N) is 1. The van der Waals surface area contributed by atoms with Crippen molar-refractivity contribution in [3.63, 3.8) is 0 Å². The van der Waals surface area contributed by atoms with Crippen LogP contribution in [0.1, 0.15) is 62.1 Å². The van der Waals surface area contributed by atoms with Gasteiger partial charge in [0.1, 0.15) is 22.5 Å². The maximum absolute atomic E-state index is 12.0. The first-order valence-electron chi connectivity index (χ1n) is 23.0. The number of phenolic OH excluding ortho intramolecular Hbond substituents is 2. The van der Waals surface area contributed by atoms with Gasteiger partial charge in [-0.3, -0.25) is 9.59 Å². The number of nitrogen functional groups attached to an aromatic ring is 1. The van der Waals surface area contributed by atoms with Gasteiger partial charge in [0.15, 0.2) is 11.2 Å². The average Bonchev–Trinajstić information content (AvgIpc) is 3.30. The predicted octanol–water partition coefficient (Wildman–Crippen LogP) is 16.8. The second kappa shape index (κ2) is 29.3. The summed E-state index contributed by atoms with van der Waals surface area (Å²) < 4.78 is 15.9. The molecular formula is C57H35Cl9N4O14. The number of aromatic nitrogens is 2. The molecular weight excluding hydrogens is 1280 g/mol. The van der Waals surface area contributed by atoms with Crippen molar-refractivity contribution >= 4 is 173 Å². The Hall–Kier alpha value is -8.27. The van der Waals surface area contributed by atoms with Crippen molar-refractivity contribution in [2.45, 2.75) is 0 Å². The third-order valence-corrected chi connectivity index (χ3v) is 12.6. The molecule has 0 saturated carbocycles. The van der Waals surface area contributed by atoms with Gasteiger partial charge in [0.2, 0.25) is 11.8 Å². The molecule has 0 fully saturated rings. The monoisotopic (exact) mass is 1310 g/mol. The molecule has 18 nitrogen and oxygen atoms in total. The minimum atomic E-state index is -1.18. The van der Waals surface area contributed by atoms with E-state index in [2.05, 4.69) is 20.0 Å². The van der Waals surface area contributed by atoms with Gasteiger partial charge >= 0.3 is 23.9 Å². The van der Waals surface area contributed by atoms with Crippen LogP contribution >= 0.6 is 104 Å². The number of carboxylic acid groups (broad SMARTS) is 3. The lowest BCUT2D eigenvalue weighted by molar-refractivity contribution is 0.0598. The number of aromatic carboxylic acids is 3. The number of hydrogen-bond acceptors (Lipinski definition) is 14. The van der Waals surface area contributed by atoms with E-state index >= 15 is 0 Å². The van der Waals surface area contributed by atoms with Gasteiger partial charge in [0.05, 0.1) is 40.7 Å². The van der Waals surface area contributed by atoms with E-state index in [-0.39, 0.29) is 45.1 Å². The van der Waals surface area contributed by atoms with E-state index in [1.54, 1.807) is 60.7 Å². The molecule has 27 heteroatoms. The fraction of sp³-hybridized carbons (Fsp3) is 0.0175. The largest absolute Gasteiger partial charge is 0.506 e. The lowest BCUT2D eigenvalue weighted by Gasteiger charge is -2.08. The van der Waals surface area contributed by atoms with Crippen LogP contribution in [0.2, 0.25) is 40.2 Å². The minimum absolute atomic E-state index is 0.0247. The molecule has 0 aliphatic carbocycles. The van der Waals surface area contributed by atoms with Gasteiger partial charge in [-0.1, -0.05) is 92.8 Å². The highest BCUT2D eigenvalue weighted by Crippen LogP contribution is 2.32. The summed E-state index contributed by atoms with van der Waals surface area (Å²) in [5, 5.41) is 50.1. The number of methoxy groups -OCH3 is 1. The third-order valence-electron chi connectivity index (χ3n) is 10.6. The first kappa shape index (κ1) is 64.9. The first-order chi connectivity index (χ1) is 39.7. The van der Waals surface area contributed by atoms with Crippen LogP contribution in [0.25, 0.3) is 45.1 Å². The number of oxazole rings is 2. The summed E-state index contributed by atoms with van der Waals surface area (Å²) in [5.41, 5.74) is 9.91. The number of esters is 1. The van der Waals surface area contributed by atoms with E-state index in [0.717, 1.165) is 12.1 Å². The molecule has 0 unspecified atom stereocenters. The van der Waals surface area contributed by atoms with Gasteiger partial charge in [-0.05, 0) is 157 Å². The summed E-state index contributed by atoms with van der Waals surface area (Å²) in [6, 6.07) is 35.6. The second-order valence-electron chi connectivity index (χ2n) is 16.7. The number of fused-ring (bicyclic) bond motifs is 2. The van der Waals surface area contributed by atoms with E-state index in [1.165, 1.54) is 79.9 Å². The number of carboxylic acids is 3. The Labute approximate surface area is 518 Å². The van der Waals surface area contributed by atoms with Crippen molar-refractivity contribution in [3.05, 3.63) is 219 Å². The zero-order valence-corrected chi connectivity index (χ0v) is 48.9. The van der Waals surface area contributed by atoms with E-state index in [4.69, 9.17) is 139 Å². The number of halogens is 9. The Bertz CT molecular complexity index is 4090. The third kappa shape index (κ3) is 18.4. The van der Waals surface area contributed by atoms with Crippen LogP contribution in [-0.2, 0) is 4.74 Å². The van der Waals surface area contributed by atoms with Crippen molar-refractivity contribution in [2.24, 2.45) is 0 Å². The minimum Gasteiger partial charge on any atom is -0.506 e. The molecule has 8 N–H and O–H groups in total. The van der Waals surface area contributed by atoms with Gasteiger partial charge in [-0.2, -0.15) is 0 Å². The van der Waals surface area contributed by atoms with E-state index in [0.29, 0.717) is 96.4 Å². The van der Waals surface area contributed by atoms with Crippen LogP contribution < -0.4 is 11.1 Å². The number of ether oxygens (including phenoxy) is 1. The summed E-state index contributed by atoms with van der Waals surface area (Å²) in [5.74, 6) is -4.07. The van der Waals surface area contributed by atoms with Crippen molar-refractivity contribution in [2.75, 3.05) is 18.2 Å². The maximum Gasteiger partial charge on any atom is 0.337 e. The van der Waals surface area contributed by atoms with Gasteiger partial charge in [0, 0.05) is 62.4 Å². The molecule has 0 aliphatic heterocycles. The molecule has 10 rings (SSSR count). The number of carbonyl (C=O) groups excluding carboxylic acids is 3. The molecule has 0 atom stereocenters. The first-order valence-corrected chi connectivity index (χ1v) is 26.4. The Morgan fingerprint density at radius 3 is 1.20 bits per heavy atom. The van der Waals surface area contributed by atoms with Crippen LogP contribution in [-0.4, -0.2) is 77.6 Å². The number of rotatable bonds is 9. The number of amides is 1. The van der Waals surface area contributed by atoms with Crippen LogP contribution in [0.3, 0.4) is 0 Å². The number of benzene rings is 8. The Morgan fingerprint density at radius 1 is 0.452 bits per heavy atom. The summed E-state index contributed by atoms with van der Waals surface area (Å²) in [6.07, 6.45) is 0. The Morgan fingerprint density at radius 2 is 0.810 bits per heavy atom. The highest BCUT2D eigenvalue weighted by Gasteiger charge is 2.16. The Kier molecular flexibility index (Phi) is 22.6.